The monoisotopic (exact) mass is 333 g/mol. The van der Waals surface area contributed by atoms with Crippen molar-refractivity contribution in [2.24, 2.45) is 5.41 Å². The number of hydrogen-bond acceptors (Lipinski definition) is 3. The van der Waals surface area contributed by atoms with E-state index in [0.29, 0.717) is 31.9 Å². The van der Waals surface area contributed by atoms with Gasteiger partial charge in [0.15, 0.2) is 0 Å². The van der Waals surface area contributed by atoms with Crippen LogP contribution < -0.4 is 0 Å². The Morgan fingerprint density at radius 1 is 1.33 bits per heavy atom. The molecule has 132 valence electrons. The first-order chi connectivity index (χ1) is 11.5. The lowest BCUT2D eigenvalue weighted by atomic mass is 9.78. The maximum atomic E-state index is 12.9. The Hall–Kier alpha value is -1.82. The van der Waals surface area contributed by atoms with Crippen LogP contribution in [0.5, 0.6) is 0 Å². The van der Waals surface area contributed by atoms with E-state index >= 15 is 0 Å². The summed E-state index contributed by atoms with van der Waals surface area (Å²) in [5, 5.41) is 9.15. The van der Waals surface area contributed by atoms with Crippen LogP contribution in [-0.2, 0) is 4.79 Å². The Labute approximate surface area is 143 Å². The zero-order chi connectivity index (χ0) is 17.3. The van der Waals surface area contributed by atoms with Gasteiger partial charge in [0.1, 0.15) is 5.69 Å². The number of hydrogen-bond donors (Lipinski definition) is 1. The number of carbonyl (C=O) groups is 2. The molecule has 2 fully saturated rings. The van der Waals surface area contributed by atoms with E-state index in [4.69, 9.17) is 5.11 Å². The van der Waals surface area contributed by atoms with E-state index in [1.165, 1.54) is 0 Å². The molecule has 2 aliphatic heterocycles. The van der Waals surface area contributed by atoms with E-state index in [9.17, 15) is 9.59 Å². The van der Waals surface area contributed by atoms with Crippen LogP contribution in [0.1, 0.15) is 49.6 Å². The molecule has 0 aromatic carbocycles. The van der Waals surface area contributed by atoms with Crippen LogP contribution in [-0.4, -0.2) is 64.1 Å². The predicted molar refractivity (Wildman–Crippen MR) is 90.7 cm³/mol. The molecule has 3 heterocycles. The largest absolute Gasteiger partial charge is 0.395 e. The summed E-state index contributed by atoms with van der Waals surface area (Å²) in [5.41, 5.74) is 0.246. The molecule has 6 heteroatoms. The molecule has 6 nitrogen and oxygen atoms in total. The number of amides is 2. The van der Waals surface area contributed by atoms with E-state index in [0.717, 1.165) is 19.3 Å². The molecular weight excluding hydrogens is 306 g/mol. The highest BCUT2D eigenvalue weighted by atomic mass is 16.3. The summed E-state index contributed by atoms with van der Waals surface area (Å²) in [5.74, 6) is 0.120. The standard InChI is InChI=1S/C18H27N3O3/c1-14(2)21-9-3-5-15(21)16(23)20-10-7-18(13-20)6-4-8-19(11-12-22)17(18)24/h3,5,9,14,22H,4,6-8,10-13H2,1-2H3/t18-/m1/s1. The number of carbonyl (C=O) groups excluding carboxylic acids is 2. The predicted octanol–water partition coefficient (Wildman–Crippen LogP) is 1.52. The minimum atomic E-state index is -0.446. The fraction of sp³-hybridized carbons (Fsp3) is 0.667. The van der Waals surface area contributed by atoms with Crippen LogP contribution in [0.15, 0.2) is 18.3 Å². The van der Waals surface area contributed by atoms with E-state index in [1.54, 1.807) is 4.90 Å². The third-order valence-electron chi connectivity index (χ3n) is 5.39. The molecule has 1 atom stereocenters. The van der Waals surface area contributed by atoms with Gasteiger partial charge in [0.2, 0.25) is 5.91 Å². The lowest BCUT2D eigenvalue weighted by molar-refractivity contribution is -0.146. The van der Waals surface area contributed by atoms with E-state index in [1.807, 2.05) is 27.8 Å². The van der Waals surface area contributed by atoms with Gasteiger partial charge in [-0.05, 0) is 45.2 Å². The normalized spacial score (nSPS) is 24.4. The van der Waals surface area contributed by atoms with Gasteiger partial charge in [-0.1, -0.05) is 0 Å². The summed E-state index contributed by atoms with van der Waals surface area (Å²) < 4.78 is 1.98. The lowest BCUT2D eigenvalue weighted by Gasteiger charge is -2.39. The van der Waals surface area contributed by atoms with Crippen LogP contribution in [0.4, 0.5) is 0 Å². The fourth-order valence-corrected chi connectivity index (χ4v) is 4.10. The van der Waals surface area contributed by atoms with Gasteiger partial charge < -0.3 is 19.5 Å². The van der Waals surface area contributed by atoms with Crippen molar-refractivity contribution in [2.75, 3.05) is 32.8 Å². The topological polar surface area (TPSA) is 65.8 Å². The fourth-order valence-electron chi connectivity index (χ4n) is 4.10. The summed E-state index contributed by atoms with van der Waals surface area (Å²) in [6.07, 6.45) is 4.43. The second-order valence-corrected chi connectivity index (χ2v) is 7.27. The first-order valence-corrected chi connectivity index (χ1v) is 8.85. The molecule has 0 aliphatic carbocycles. The third kappa shape index (κ3) is 2.83. The molecule has 1 aromatic rings. The maximum Gasteiger partial charge on any atom is 0.270 e. The van der Waals surface area contributed by atoms with Crippen molar-refractivity contribution in [3.05, 3.63) is 24.0 Å². The molecule has 1 aromatic heterocycles. The van der Waals surface area contributed by atoms with Gasteiger partial charge in [0.05, 0.1) is 12.0 Å². The Morgan fingerprint density at radius 2 is 2.12 bits per heavy atom. The van der Waals surface area contributed by atoms with Crippen molar-refractivity contribution in [2.45, 2.75) is 39.2 Å². The maximum absolute atomic E-state index is 12.9. The van der Waals surface area contributed by atoms with Crippen LogP contribution in [0, 0.1) is 5.41 Å². The number of aliphatic hydroxyl groups excluding tert-OH is 1. The molecule has 2 amide bonds. The van der Waals surface area contributed by atoms with Crippen molar-refractivity contribution in [1.82, 2.24) is 14.4 Å². The van der Waals surface area contributed by atoms with E-state index in [2.05, 4.69) is 13.8 Å². The number of piperidine rings is 1. The quantitative estimate of drug-likeness (QED) is 0.908. The molecule has 1 N–H and O–H groups in total. The number of likely N-dealkylation sites (tertiary alicyclic amines) is 2. The van der Waals surface area contributed by atoms with Crippen molar-refractivity contribution >= 4 is 11.8 Å². The summed E-state index contributed by atoms with van der Waals surface area (Å²) in [6, 6.07) is 3.98. The lowest BCUT2D eigenvalue weighted by Crippen LogP contribution is -2.51. The van der Waals surface area contributed by atoms with Crippen molar-refractivity contribution in [3.63, 3.8) is 0 Å². The number of rotatable bonds is 4. The zero-order valence-corrected chi connectivity index (χ0v) is 14.6. The zero-order valence-electron chi connectivity index (χ0n) is 14.6. The molecule has 2 aliphatic rings. The molecule has 0 unspecified atom stereocenters. The van der Waals surface area contributed by atoms with Crippen LogP contribution in [0.3, 0.4) is 0 Å². The average Bonchev–Trinajstić information content (AvgIpc) is 3.20. The van der Waals surface area contributed by atoms with Gasteiger partial charge in [-0.25, -0.2) is 0 Å². The molecule has 0 bridgehead atoms. The van der Waals surface area contributed by atoms with E-state index < -0.39 is 5.41 Å². The summed E-state index contributed by atoms with van der Waals surface area (Å²) in [4.78, 5) is 29.3. The minimum absolute atomic E-state index is 0.00757. The third-order valence-corrected chi connectivity index (χ3v) is 5.39. The molecule has 0 radical (unpaired) electrons. The molecule has 3 rings (SSSR count). The smallest absolute Gasteiger partial charge is 0.270 e. The molecular formula is C18H27N3O3. The average molecular weight is 333 g/mol. The number of aliphatic hydroxyl groups is 1. The SMILES string of the molecule is CC(C)n1cccc1C(=O)N1CC[C@]2(CCCN(CCO)C2=O)C1. The van der Waals surface area contributed by atoms with Crippen LogP contribution >= 0.6 is 0 Å². The Kier molecular flexibility index (Phi) is 4.67. The summed E-state index contributed by atoms with van der Waals surface area (Å²) in [7, 11) is 0. The molecule has 2 saturated heterocycles. The molecule has 1 spiro atoms. The van der Waals surface area contributed by atoms with Crippen LogP contribution in [0.25, 0.3) is 0 Å². The summed E-state index contributed by atoms with van der Waals surface area (Å²) in [6.45, 7) is 6.33. The van der Waals surface area contributed by atoms with Crippen molar-refractivity contribution in [1.29, 1.82) is 0 Å². The summed E-state index contributed by atoms with van der Waals surface area (Å²) >= 11 is 0. The van der Waals surface area contributed by atoms with E-state index in [-0.39, 0.29) is 24.5 Å². The van der Waals surface area contributed by atoms with Gasteiger partial charge >= 0.3 is 0 Å². The second kappa shape index (κ2) is 6.59. The number of β-amino-alcohol motifs (C(OH)–C–C–N with tert-alkyl or cyclic N) is 1. The second-order valence-electron chi connectivity index (χ2n) is 7.27. The first-order valence-electron chi connectivity index (χ1n) is 8.85. The number of nitrogens with zero attached hydrogens (tertiary/aromatic N) is 3. The molecule has 0 saturated carbocycles. The highest BCUT2D eigenvalue weighted by molar-refractivity contribution is 5.94. The van der Waals surface area contributed by atoms with Gasteiger partial charge in [0.25, 0.3) is 5.91 Å². The van der Waals surface area contributed by atoms with Gasteiger partial charge in [-0.3, -0.25) is 9.59 Å². The molecule has 24 heavy (non-hydrogen) atoms. The highest BCUT2D eigenvalue weighted by Gasteiger charge is 2.49. The Balaban J connectivity index is 1.76. The van der Waals surface area contributed by atoms with Crippen molar-refractivity contribution < 1.29 is 14.7 Å². The highest BCUT2D eigenvalue weighted by Crippen LogP contribution is 2.40. The van der Waals surface area contributed by atoms with Crippen molar-refractivity contribution in [3.8, 4) is 0 Å². The minimum Gasteiger partial charge on any atom is -0.395 e. The first kappa shape index (κ1) is 17.0. The van der Waals surface area contributed by atoms with Gasteiger partial charge in [-0.15, -0.1) is 0 Å². The van der Waals surface area contributed by atoms with Crippen LogP contribution in [0.2, 0.25) is 0 Å². The Bertz CT molecular complexity index is 623. The Morgan fingerprint density at radius 3 is 2.83 bits per heavy atom. The van der Waals surface area contributed by atoms with Gasteiger partial charge in [-0.2, -0.15) is 0 Å². The number of aromatic nitrogens is 1. The van der Waals surface area contributed by atoms with Gasteiger partial charge in [0, 0.05) is 38.4 Å².